The maximum atomic E-state index is 13.2. The van der Waals surface area contributed by atoms with Gasteiger partial charge in [-0.15, -0.1) is 11.8 Å². The number of ether oxygens (including phenoxy) is 1. The Kier molecular flexibility index (Phi) is 3.89. The average molecular weight is 354 g/mol. The van der Waals surface area contributed by atoms with Gasteiger partial charge >= 0.3 is 0 Å². The van der Waals surface area contributed by atoms with E-state index in [-0.39, 0.29) is 5.82 Å². The molecule has 0 bridgehead atoms. The molecule has 2 N–H and O–H groups in total. The van der Waals surface area contributed by atoms with Crippen LogP contribution in [0.1, 0.15) is 11.5 Å². The summed E-state index contributed by atoms with van der Waals surface area (Å²) in [4.78, 5) is 1.31. The number of nitrogen functional groups attached to an aromatic ring is 1. The van der Waals surface area contributed by atoms with E-state index >= 15 is 0 Å². The quantitative estimate of drug-likeness (QED) is 0.828. The number of fused-ring (bicyclic) bond motifs is 1. The van der Waals surface area contributed by atoms with Crippen molar-refractivity contribution < 1.29 is 9.13 Å². The number of rotatable bonds is 3. The summed E-state index contributed by atoms with van der Waals surface area (Å²) in [5, 5.41) is 0. The molecule has 20 heavy (non-hydrogen) atoms. The van der Waals surface area contributed by atoms with E-state index < -0.39 is 0 Å². The number of nitrogens with two attached hydrogens (primary N) is 1. The third-order valence-corrected chi connectivity index (χ3v) is 5.11. The number of anilines is 1. The van der Waals surface area contributed by atoms with Gasteiger partial charge in [-0.05, 0) is 33.6 Å². The van der Waals surface area contributed by atoms with E-state index in [2.05, 4.69) is 28.1 Å². The summed E-state index contributed by atoms with van der Waals surface area (Å²) < 4.78 is 19.5. The van der Waals surface area contributed by atoms with E-state index in [1.165, 1.54) is 22.6 Å². The first-order valence-electron chi connectivity index (χ1n) is 6.24. The van der Waals surface area contributed by atoms with Crippen molar-refractivity contribution in [3.8, 4) is 5.75 Å². The molecule has 0 aliphatic carbocycles. The van der Waals surface area contributed by atoms with Gasteiger partial charge < -0.3 is 10.5 Å². The molecule has 1 aliphatic heterocycles. The minimum absolute atomic E-state index is 0.316. The molecule has 2 aromatic carbocycles. The minimum Gasteiger partial charge on any atom is -0.490 e. The maximum absolute atomic E-state index is 13.2. The van der Waals surface area contributed by atoms with Crippen molar-refractivity contribution >= 4 is 33.4 Å². The molecule has 2 aromatic rings. The summed E-state index contributed by atoms with van der Waals surface area (Å²) in [6.45, 7) is 0.540. The maximum Gasteiger partial charge on any atom is 0.156 e. The van der Waals surface area contributed by atoms with Gasteiger partial charge in [0.15, 0.2) is 5.75 Å². The highest BCUT2D eigenvalue weighted by molar-refractivity contribution is 9.10. The van der Waals surface area contributed by atoms with E-state index in [9.17, 15) is 4.39 Å². The molecule has 0 saturated heterocycles. The Morgan fingerprint density at radius 1 is 1.35 bits per heavy atom. The van der Waals surface area contributed by atoms with Crippen molar-refractivity contribution in [3.63, 3.8) is 0 Å². The van der Waals surface area contributed by atoms with Crippen molar-refractivity contribution in [1.29, 1.82) is 0 Å². The summed E-state index contributed by atoms with van der Waals surface area (Å²) in [6, 6.07) is 11.0. The van der Waals surface area contributed by atoms with Crippen LogP contribution in [0.15, 0.2) is 45.8 Å². The van der Waals surface area contributed by atoms with Crippen molar-refractivity contribution in [2.75, 3.05) is 18.1 Å². The van der Waals surface area contributed by atoms with Gasteiger partial charge in [0.25, 0.3) is 0 Å². The molecule has 1 heterocycles. The first kappa shape index (κ1) is 13.8. The van der Waals surface area contributed by atoms with E-state index in [0.29, 0.717) is 28.4 Å². The molecule has 1 atom stereocenters. The second-order valence-corrected chi connectivity index (χ2v) is 6.58. The fourth-order valence-electron chi connectivity index (χ4n) is 2.28. The lowest BCUT2D eigenvalue weighted by atomic mass is 10.0. The molecule has 0 spiro atoms. The smallest absolute Gasteiger partial charge is 0.156 e. The summed E-state index contributed by atoms with van der Waals surface area (Å²) in [6.07, 6.45) is 0. The van der Waals surface area contributed by atoms with Crippen LogP contribution in [0, 0.1) is 5.82 Å². The molecule has 104 valence electrons. The van der Waals surface area contributed by atoms with Crippen LogP contribution in [0.4, 0.5) is 10.1 Å². The van der Waals surface area contributed by atoms with Crippen LogP contribution in [0.3, 0.4) is 0 Å². The molecule has 0 aromatic heterocycles. The Bertz CT molecular complexity index is 627. The van der Waals surface area contributed by atoms with Crippen LogP contribution in [-0.4, -0.2) is 12.4 Å². The normalized spacial score (nSPS) is 17.0. The Morgan fingerprint density at radius 2 is 2.15 bits per heavy atom. The second-order valence-electron chi connectivity index (χ2n) is 4.66. The Labute approximate surface area is 129 Å². The molecular weight excluding hydrogens is 341 g/mol. The molecule has 1 unspecified atom stereocenters. The van der Waals surface area contributed by atoms with Crippen molar-refractivity contribution in [2.45, 2.75) is 10.8 Å². The van der Waals surface area contributed by atoms with E-state index in [1.807, 2.05) is 23.9 Å². The largest absolute Gasteiger partial charge is 0.490 e. The zero-order valence-corrected chi connectivity index (χ0v) is 13.0. The molecule has 5 heteroatoms. The van der Waals surface area contributed by atoms with Gasteiger partial charge in [-0.2, -0.15) is 0 Å². The number of benzene rings is 2. The molecule has 3 rings (SSSR count). The lowest BCUT2D eigenvalue weighted by Crippen LogP contribution is -2.11. The van der Waals surface area contributed by atoms with Gasteiger partial charge in [-0.1, -0.05) is 18.2 Å². The molecule has 1 aliphatic rings. The third-order valence-electron chi connectivity index (χ3n) is 3.26. The molecule has 0 fully saturated rings. The zero-order chi connectivity index (χ0) is 14.1. The monoisotopic (exact) mass is 353 g/mol. The van der Waals surface area contributed by atoms with Crippen molar-refractivity contribution in [2.24, 2.45) is 0 Å². The van der Waals surface area contributed by atoms with Gasteiger partial charge in [-0.25, -0.2) is 4.39 Å². The van der Waals surface area contributed by atoms with Crippen LogP contribution >= 0.6 is 27.7 Å². The van der Waals surface area contributed by atoms with E-state index in [1.54, 1.807) is 0 Å². The van der Waals surface area contributed by atoms with Gasteiger partial charge in [0.2, 0.25) is 0 Å². The van der Waals surface area contributed by atoms with E-state index in [0.717, 1.165) is 5.75 Å². The van der Waals surface area contributed by atoms with Crippen LogP contribution < -0.4 is 10.5 Å². The summed E-state index contributed by atoms with van der Waals surface area (Å²) in [7, 11) is 0. The van der Waals surface area contributed by atoms with Crippen molar-refractivity contribution in [3.05, 3.63) is 52.3 Å². The Hall–Kier alpha value is -1.20. The van der Waals surface area contributed by atoms with Gasteiger partial charge in [0.05, 0.1) is 16.8 Å². The van der Waals surface area contributed by atoms with Crippen LogP contribution in [0.25, 0.3) is 0 Å². The fraction of sp³-hybridized carbons (Fsp3) is 0.200. The predicted octanol–water partition coefficient (Wildman–Crippen LogP) is 4.44. The summed E-state index contributed by atoms with van der Waals surface area (Å²) in [5.74, 6) is 1.48. The van der Waals surface area contributed by atoms with Crippen LogP contribution in [0.2, 0.25) is 0 Å². The zero-order valence-electron chi connectivity index (χ0n) is 10.6. The topological polar surface area (TPSA) is 35.2 Å². The minimum atomic E-state index is -0.372. The summed E-state index contributed by atoms with van der Waals surface area (Å²) in [5.41, 5.74) is 7.43. The molecule has 0 saturated carbocycles. The lowest BCUT2D eigenvalue weighted by molar-refractivity contribution is 0.297. The third kappa shape index (κ3) is 2.65. The standard InChI is InChI=1S/C15H13BrFNOS/c16-12-5-10(17)6-13(18)15(12)19-7-9-8-20-14-4-2-1-3-11(9)14/h1-6,9H,7-8,18H2. The van der Waals surface area contributed by atoms with Gasteiger partial charge in [0, 0.05) is 22.6 Å². The average Bonchev–Trinajstić information content (AvgIpc) is 2.81. The second kappa shape index (κ2) is 5.66. The van der Waals surface area contributed by atoms with Gasteiger partial charge in [0.1, 0.15) is 5.82 Å². The van der Waals surface area contributed by atoms with Crippen LogP contribution in [-0.2, 0) is 0 Å². The number of thioether (sulfide) groups is 1. The highest BCUT2D eigenvalue weighted by atomic mass is 79.9. The lowest BCUT2D eigenvalue weighted by Gasteiger charge is -2.15. The van der Waals surface area contributed by atoms with Crippen molar-refractivity contribution in [1.82, 2.24) is 0 Å². The Morgan fingerprint density at radius 3 is 2.95 bits per heavy atom. The van der Waals surface area contributed by atoms with Gasteiger partial charge in [-0.3, -0.25) is 0 Å². The van der Waals surface area contributed by atoms with Crippen LogP contribution in [0.5, 0.6) is 5.75 Å². The Balaban J connectivity index is 1.76. The molecule has 0 radical (unpaired) electrons. The highest BCUT2D eigenvalue weighted by Gasteiger charge is 2.23. The first-order chi connectivity index (χ1) is 9.65. The first-order valence-corrected chi connectivity index (χ1v) is 8.02. The number of halogens is 2. The number of hydrogen-bond donors (Lipinski definition) is 1. The molecule has 2 nitrogen and oxygen atoms in total. The SMILES string of the molecule is Nc1cc(F)cc(Br)c1OCC1CSc2ccccc21. The number of hydrogen-bond acceptors (Lipinski definition) is 3. The predicted molar refractivity (Wildman–Crippen MR) is 83.9 cm³/mol. The summed E-state index contributed by atoms with van der Waals surface area (Å²) >= 11 is 5.13. The molecule has 0 amide bonds. The highest BCUT2D eigenvalue weighted by Crippen LogP contribution is 2.40. The fourth-order valence-corrected chi connectivity index (χ4v) is 4.08. The molecular formula is C15H13BrFNOS. The van der Waals surface area contributed by atoms with E-state index in [4.69, 9.17) is 10.5 Å².